The normalized spacial score (nSPS) is 14.4. The van der Waals surface area contributed by atoms with Crippen LogP contribution < -0.4 is 0 Å². The van der Waals surface area contributed by atoms with Gasteiger partial charge in [-0.25, -0.2) is 0 Å². The SMILES string of the molecule is CCOC(=O)C(C(C)=N)C(c1cccc(C(F)(F)F)c1)C(C(=O)CCl)C(=O)OC. The van der Waals surface area contributed by atoms with Crippen LogP contribution in [0.25, 0.3) is 0 Å². The fourth-order valence-electron chi connectivity index (χ4n) is 3.01. The number of carbonyl (C=O) groups excluding carboxylic acids is 3. The van der Waals surface area contributed by atoms with Crippen molar-refractivity contribution in [3.05, 3.63) is 35.4 Å². The summed E-state index contributed by atoms with van der Waals surface area (Å²) < 4.78 is 49.2. The van der Waals surface area contributed by atoms with Crippen LogP contribution in [-0.2, 0) is 30.0 Å². The number of hydrogen-bond donors (Lipinski definition) is 1. The van der Waals surface area contributed by atoms with Crippen molar-refractivity contribution >= 4 is 35.0 Å². The molecule has 1 aromatic rings. The summed E-state index contributed by atoms with van der Waals surface area (Å²) >= 11 is 5.60. The van der Waals surface area contributed by atoms with Crippen LogP contribution in [0.2, 0.25) is 0 Å². The Bertz CT molecular complexity index is 765. The van der Waals surface area contributed by atoms with Gasteiger partial charge in [0.2, 0.25) is 0 Å². The Hall–Kier alpha value is -2.42. The highest BCUT2D eigenvalue weighted by atomic mass is 35.5. The summed E-state index contributed by atoms with van der Waals surface area (Å²) in [6.45, 7) is 2.68. The van der Waals surface area contributed by atoms with Crippen molar-refractivity contribution < 1.29 is 37.0 Å². The van der Waals surface area contributed by atoms with Crippen LogP contribution in [0.1, 0.15) is 30.9 Å². The summed E-state index contributed by atoms with van der Waals surface area (Å²) in [4.78, 5) is 37.3. The molecule has 0 heterocycles. The third-order valence-electron chi connectivity index (χ3n) is 4.26. The van der Waals surface area contributed by atoms with Crippen LogP contribution in [0.15, 0.2) is 24.3 Å². The number of ether oxygens (including phenoxy) is 2. The van der Waals surface area contributed by atoms with E-state index >= 15 is 0 Å². The third kappa shape index (κ3) is 6.03. The van der Waals surface area contributed by atoms with Gasteiger partial charge in [-0.05, 0) is 25.5 Å². The summed E-state index contributed by atoms with van der Waals surface area (Å²) in [5.41, 5.74) is -1.47. The predicted molar refractivity (Wildman–Crippen MR) is 98.9 cm³/mol. The van der Waals surface area contributed by atoms with E-state index in [4.69, 9.17) is 21.7 Å². The average molecular weight is 436 g/mol. The van der Waals surface area contributed by atoms with E-state index in [0.29, 0.717) is 0 Å². The number of nitrogens with one attached hydrogen (secondary N) is 1. The number of rotatable bonds is 9. The zero-order valence-electron chi connectivity index (χ0n) is 16.0. The van der Waals surface area contributed by atoms with Crippen LogP contribution >= 0.6 is 11.6 Å². The van der Waals surface area contributed by atoms with Gasteiger partial charge in [0, 0.05) is 11.6 Å². The summed E-state index contributed by atoms with van der Waals surface area (Å²) in [5, 5.41) is 7.99. The molecule has 0 fully saturated rings. The van der Waals surface area contributed by atoms with Gasteiger partial charge in [0.25, 0.3) is 0 Å². The molecule has 6 nitrogen and oxygen atoms in total. The van der Waals surface area contributed by atoms with Gasteiger partial charge in [-0.3, -0.25) is 14.4 Å². The molecule has 1 aromatic carbocycles. The quantitative estimate of drug-likeness (QED) is 0.277. The Kier molecular flexibility index (Phi) is 8.81. The second kappa shape index (κ2) is 10.4. The first-order valence-corrected chi connectivity index (χ1v) is 9.08. The lowest BCUT2D eigenvalue weighted by Gasteiger charge is -2.30. The van der Waals surface area contributed by atoms with Crippen molar-refractivity contribution in [2.75, 3.05) is 19.6 Å². The maximum atomic E-state index is 13.2. The largest absolute Gasteiger partial charge is 0.468 e. The van der Waals surface area contributed by atoms with E-state index < -0.39 is 53.1 Å². The van der Waals surface area contributed by atoms with Gasteiger partial charge in [0.1, 0.15) is 11.8 Å². The zero-order valence-corrected chi connectivity index (χ0v) is 16.8. The highest BCUT2D eigenvalue weighted by Crippen LogP contribution is 2.38. The van der Waals surface area contributed by atoms with Gasteiger partial charge >= 0.3 is 18.1 Å². The molecule has 0 aliphatic heterocycles. The minimum absolute atomic E-state index is 0.0652. The molecule has 3 unspecified atom stereocenters. The van der Waals surface area contributed by atoms with Crippen LogP contribution in [0, 0.1) is 17.2 Å². The van der Waals surface area contributed by atoms with E-state index in [-0.39, 0.29) is 17.9 Å². The fourth-order valence-corrected chi connectivity index (χ4v) is 3.18. The van der Waals surface area contributed by atoms with Gasteiger partial charge in [0.05, 0.1) is 25.2 Å². The number of methoxy groups -OCH3 is 1. The summed E-state index contributed by atoms with van der Waals surface area (Å²) in [7, 11) is 0.997. The second-order valence-electron chi connectivity index (χ2n) is 6.16. The molecule has 29 heavy (non-hydrogen) atoms. The summed E-state index contributed by atoms with van der Waals surface area (Å²) in [6, 6.07) is 3.88. The topological polar surface area (TPSA) is 93.5 Å². The molecule has 0 amide bonds. The van der Waals surface area contributed by atoms with Crippen molar-refractivity contribution in [1.82, 2.24) is 0 Å². The molecule has 0 aliphatic rings. The molecule has 160 valence electrons. The molecule has 0 bridgehead atoms. The molecular formula is C19H21ClF3NO5. The van der Waals surface area contributed by atoms with Crippen LogP contribution in [0.3, 0.4) is 0 Å². The van der Waals surface area contributed by atoms with Gasteiger partial charge in [0.15, 0.2) is 5.78 Å². The lowest BCUT2D eigenvalue weighted by atomic mass is 9.73. The van der Waals surface area contributed by atoms with Crippen LogP contribution in [-0.4, -0.2) is 43.0 Å². The molecule has 1 N–H and O–H groups in total. The molecule has 0 aromatic heterocycles. The molecule has 0 saturated carbocycles. The van der Waals surface area contributed by atoms with E-state index in [0.717, 1.165) is 25.3 Å². The number of alkyl halides is 4. The highest BCUT2D eigenvalue weighted by Gasteiger charge is 2.45. The number of Topliss-reactive ketones (excluding diaryl/α,β-unsaturated/α-hetero) is 1. The van der Waals surface area contributed by atoms with Crippen LogP contribution in [0.5, 0.6) is 0 Å². The first-order chi connectivity index (χ1) is 13.5. The minimum atomic E-state index is -4.70. The number of halogens is 4. The molecule has 3 atom stereocenters. The van der Waals surface area contributed by atoms with Gasteiger partial charge in [-0.2, -0.15) is 13.2 Å². The maximum Gasteiger partial charge on any atom is 0.416 e. The monoisotopic (exact) mass is 435 g/mol. The Morgan fingerprint density at radius 2 is 1.79 bits per heavy atom. The average Bonchev–Trinajstić information content (AvgIpc) is 2.66. The lowest BCUT2D eigenvalue weighted by Crippen LogP contribution is -2.41. The molecule has 0 aliphatic carbocycles. The van der Waals surface area contributed by atoms with Crippen molar-refractivity contribution in [3.63, 3.8) is 0 Å². The van der Waals surface area contributed by atoms with E-state index in [1.165, 1.54) is 19.9 Å². The Morgan fingerprint density at radius 1 is 1.17 bits per heavy atom. The molecule has 0 saturated heterocycles. The minimum Gasteiger partial charge on any atom is -0.468 e. The predicted octanol–water partition coefficient (Wildman–Crippen LogP) is 3.61. The fraction of sp³-hybridized carbons (Fsp3) is 0.474. The smallest absolute Gasteiger partial charge is 0.416 e. The lowest BCUT2D eigenvalue weighted by molar-refractivity contribution is -0.152. The van der Waals surface area contributed by atoms with Gasteiger partial charge in [-0.15, -0.1) is 11.6 Å². The molecule has 1 rings (SSSR count). The summed E-state index contributed by atoms with van der Waals surface area (Å²) in [6.07, 6.45) is -4.70. The number of hydrogen-bond acceptors (Lipinski definition) is 6. The standard InChI is InChI=1S/C19H21ClF3NO5/c1-4-29-18(27)14(10(2)24)15(16(13(25)9-20)17(26)28-3)11-6-5-7-12(8-11)19(21,22)23/h5-8,14-16,24H,4,9H2,1-3H3. The van der Waals surface area contributed by atoms with E-state index in [9.17, 15) is 27.6 Å². The number of ketones is 1. The molecular weight excluding hydrogens is 415 g/mol. The summed E-state index contributed by atoms with van der Waals surface area (Å²) in [5.74, 6) is -8.16. The van der Waals surface area contributed by atoms with Gasteiger partial charge < -0.3 is 14.9 Å². The Balaban J connectivity index is 3.76. The third-order valence-corrected chi connectivity index (χ3v) is 4.52. The molecule has 10 heteroatoms. The number of benzene rings is 1. The molecule has 0 spiro atoms. The number of esters is 2. The number of carbonyl (C=O) groups is 3. The second-order valence-corrected chi connectivity index (χ2v) is 6.43. The maximum absolute atomic E-state index is 13.2. The zero-order chi connectivity index (χ0) is 22.4. The Labute approximate surface area is 170 Å². The first kappa shape index (κ1) is 24.6. The van der Waals surface area contributed by atoms with Crippen LogP contribution in [0.4, 0.5) is 13.2 Å². The van der Waals surface area contributed by atoms with Crippen molar-refractivity contribution in [1.29, 1.82) is 5.41 Å². The van der Waals surface area contributed by atoms with Gasteiger partial charge in [-0.1, -0.05) is 18.2 Å². The van der Waals surface area contributed by atoms with E-state index in [1.807, 2.05) is 0 Å². The van der Waals surface area contributed by atoms with E-state index in [1.54, 1.807) is 0 Å². The van der Waals surface area contributed by atoms with E-state index in [2.05, 4.69) is 4.74 Å². The highest BCUT2D eigenvalue weighted by molar-refractivity contribution is 6.29. The first-order valence-electron chi connectivity index (χ1n) is 8.54. The van der Waals surface area contributed by atoms with Crippen molar-refractivity contribution in [2.45, 2.75) is 25.9 Å². The van der Waals surface area contributed by atoms with Crippen molar-refractivity contribution in [2.24, 2.45) is 11.8 Å². The van der Waals surface area contributed by atoms with Crippen molar-refractivity contribution in [3.8, 4) is 0 Å². The Morgan fingerprint density at radius 3 is 2.24 bits per heavy atom. The molecule has 0 radical (unpaired) electrons.